The molecule has 3 nitrogen and oxygen atoms in total. The number of aromatic carboxylic acids is 1. The molecule has 1 unspecified atom stereocenters. The molecule has 1 aliphatic rings. The van der Waals surface area contributed by atoms with E-state index in [4.69, 9.17) is 5.11 Å². The normalized spacial score (nSPS) is 16.9. The van der Waals surface area contributed by atoms with E-state index in [-0.39, 0.29) is 17.3 Å². The Morgan fingerprint density at radius 2 is 2.25 bits per heavy atom. The van der Waals surface area contributed by atoms with Crippen molar-refractivity contribution in [3.05, 3.63) is 29.6 Å². The van der Waals surface area contributed by atoms with Crippen LogP contribution in [0.5, 0.6) is 0 Å². The minimum absolute atomic E-state index is 0.00694. The van der Waals surface area contributed by atoms with Gasteiger partial charge in [0.1, 0.15) is 5.82 Å². The molecule has 0 spiro atoms. The van der Waals surface area contributed by atoms with E-state index in [9.17, 15) is 9.18 Å². The number of para-hydroxylation sites is 1. The fourth-order valence-corrected chi connectivity index (χ4v) is 1.79. The van der Waals surface area contributed by atoms with Crippen LogP contribution in [0, 0.1) is 11.7 Å². The maximum atomic E-state index is 13.5. The van der Waals surface area contributed by atoms with Crippen LogP contribution in [0.25, 0.3) is 0 Å². The lowest BCUT2D eigenvalue weighted by Crippen LogP contribution is -2.20. The van der Waals surface area contributed by atoms with Gasteiger partial charge in [-0.05, 0) is 37.8 Å². The second-order valence-electron chi connectivity index (χ2n) is 4.24. The Balaban J connectivity index is 2.26. The third-order valence-electron chi connectivity index (χ3n) is 2.95. The molecule has 1 atom stereocenters. The summed E-state index contributed by atoms with van der Waals surface area (Å²) in [6, 6.07) is 4.21. The van der Waals surface area contributed by atoms with E-state index in [1.807, 2.05) is 6.92 Å². The van der Waals surface area contributed by atoms with E-state index >= 15 is 0 Å². The zero-order valence-electron chi connectivity index (χ0n) is 9.03. The summed E-state index contributed by atoms with van der Waals surface area (Å²) in [4.78, 5) is 10.9. The number of halogens is 1. The molecule has 1 fully saturated rings. The van der Waals surface area contributed by atoms with E-state index in [0.717, 1.165) is 12.8 Å². The van der Waals surface area contributed by atoms with Crippen molar-refractivity contribution in [1.82, 2.24) is 0 Å². The summed E-state index contributed by atoms with van der Waals surface area (Å²) >= 11 is 0. The van der Waals surface area contributed by atoms with Crippen LogP contribution in [-0.2, 0) is 0 Å². The van der Waals surface area contributed by atoms with Crippen molar-refractivity contribution in [3.63, 3.8) is 0 Å². The van der Waals surface area contributed by atoms with Gasteiger partial charge in [0.15, 0.2) is 0 Å². The van der Waals surface area contributed by atoms with Crippen LogP contribution in [-0.4, -0.2) is 17.1 Å². The Morgan fingerprint density at radius 3 is 2.81 bits per heavy atom. The van der Waals surface area contributed by atoms with Crippen LogP contribution in [0.4, 0.5) is 10.1 Å². The molecular weight excluding hydrogens is 209 g/mol. The van der Waals surface area contributed by atoms with Gasteiger partial charge in [-0.1, -0.05) is 6.07 Å². The van der Waals surface area contributed by atoms with Gasteiger partial charge in [-0.2, -0.15) is 0 Å². The number of nitrogens with one attached hydrogen (secondary N) is 1. The van der Waals surface area contributed by atoms with Crippen LogP contribution < -0.4 is 5.32 Å². The van der Waals surface area contributed by atoms with Gasteiger partial charge in [0.25, 0.3) is 0 Å². The van der Waals surface area contributed by atoms with Crippen LogP contribution in [0.1, 0.15) is 30.1 Å². The number of rotatable bonds is 4. The highest BCUT2D eigenvalue weighted by molar-refractivity contribution is 5.94. The Bertz CT molecular complexity index is 415. The Hall–Kier alpha value is -1.58. The van der Waals surface area contributed by atoms with Crippen molar-refractivity contribution >= 4 is 11.7 Å². The minimum atomic E-state index is -1.11. The van der Waals surface area contributed by atoms with Crippen molar-refractivity contribution in [1.29, 1.82) is 0 Å². The van der Waals surface area contributed by atoms with E-state index < -0.39 is 11.8 Å². The summed E-state index contributed by atoms with van der Waals surface area (Å²) in [5.74, 6) is -1.07. The average Bonchev–Trinajstić information content (AvgIpc) is 3.03. The summed E-state index contributed by atoms with van der Waals surface area (Å²) in [7, 11) is 0. The van der Waals surface area contributed by atoms with Crippen molar-refractivity contribution in [2.24, 2.45) is 5.92 Å². The highest BCUT2D eigenvalue weighted by Crippen LogP contribution is 2.34. The average molecular weight is 223 g/mol. The minimum Gasteiger partial charge on any atom is -0.478 e. The summed E-state index contributed by atoms with van der Waals surface area (Å²) in [5.41, 5.74) is 0.0990. The monoisotopic (exact) mass is 223 g/mol. The molecule has 1 saturated carbocycles. The van der Waals surface area contributed by atoms with Gasteiger partial charge in [0, 0.05) is 6.04 Å². The molecule has 0 aromatic heterocycles. The third kappa shape index (κ3) is 2.15. The number of carboxylic acids is 1. The topological polar surface area (TPSA) is 49.3 Å². The van der Waals surface area contributed by atoms with Crippen LogP contribution >= 0.6 is 0 Å². The molecule has 1 aliphatic carbocycles. The number of hydrogen-bond acceptors (Lipinski definition) is 2. The van der Waals surface area contributed by atoms with Crippen molar-refractivity contribution in [2.75, 3.05) is 5.32 Å². The number of hydrogen-bond donors (Lipinski definition) is 2. The second-order valence-corrected chi connectivity index (χ2v) is 4.24. The maximum Gasteiger partial charge on any atom is 0.337 e. The molecule has 4 heteroatoms. The number of carbonyl (C=O) groups is 1. The molecule has 86 valence electrons. The number of anilines is 1. The highest BCUT2D eigenvalue weighted by atomic mass is 19.1. The maximum absolute atomic E-state index is 13.5. The smallest absolute Gasteiger partial charge is 0.337 e. The molecule has 2 N–H and O–H groups in total. The van der Waals surface area contributed by atoms with E-state index in [0.29, 0.717) is 5.92 Å². The largest absolute Gasteiger partial charge is 0.478 e. The molecule has 0 amide bonds. The molecular formula is C12H14FNO2. The molecule has 0 bridgehead atoms. The zero-order valence-corrected chi connectivity index (χ0v) is 9.03. The Morgan fingerprint density at radius 1 is 1.56 bits per heavy atom. The van der Waals surface area contributed by atoms with Gasteiger partial charge in [-0.25, -0.2) is 9.18 Å². The van der Waals surface area contributed by atoms with Crippen molar-refractivity contribution in [2.45, 2.75) is 25.8 Å². The first-order valence-electron chi connectivity index (χ1n) is 5.38. The van der Waals surface area contributed by atoms with E-state index in [1.165, 1.54) is 18.2 Å². The Labute approximate surface area is 93.3 Å². The molecule has 1 aromatic carbocycles. The molecule has 0 saturated heterocycles. The van der Waals surface area contributed by atoms with Gasteiger partial charge >= 0.3 is 5.97 Å². The first kappa shape index (κ1) is 10.9. The summed E-state index contributed by atoms with van der Waals surface area (Å²) in [6.45, 7) is 1.95. The predicted molar refractivity (Wildman–Crippen MR) is 59.2 cm³/mol. The van der Waals surface area contributed by atoms with E-state index in [1.54, 1.807) is 0 Å². The standard InChI is InChI=1S/C12H14FNO2/c1-7(8-5-6-8)14-11-9(12(15)16)3-2-4-10(11)13/h2-4,7-8,14H,5-6H2,1H3,(H,15,16). The summed E-state index contributed by atoms with van der Waals surface area (Å²) in [5, 5.41) is 11.9. The molecule has 1 aromatic rings. The van der Waals surface area contributed by atoms with Gasteiger partial charge in [0.05, 0.1) is 11.3 Å². The van der Waals surface area contributed by atoms with Crippen molar-refractivity contribution < 1.29 is 14.3 Å². The molecule has 0 heterocycles. The predicted octanol–water partition coefficient (Wildman–Crippen LogP) is 2.73. The first-order valence-corrected chi connectivity index (χ1v) is 5.38. The zero-order chi connectivity index (χ0) is 11.7. The molecule has 0 aliphatic heterocycles. The second kappa shape index (κ2) is 4.12. The molecule has 16 heavy (non-hydrogen) atoms. The lowest BCUT2D eigenvalue weighted by atomic mass is 10.1. The van der Waals surface area contributed by atoms with Crippen molar-refractivity contribution in [3.8, 4) is 0 Å². The quantitative estimate of drug-likeness (QED) is 0.825. The number of benzene rings is 1. The fourth-order valence-electron chi connectivity index (χ4n) is 1.79. The summed E-state index contributed by atoms with van der Waals surface area (Å²) in [6.07, 6.45) is 2.26. The van der Waals surface area contributed by atoms with Gasteiger partial charge in [-0.3, -0.25) is 0 Å². The van der Waals surface area contributed by atoms with Gasteiger partial charge < -0.3 is 10.4 Å². The third-order valence-corrected chi connectivity index (χ3v) is 2.95. The van der Waals surface area contributed by atoms with Crippen LogP contribution in [0.2, 0.25) is 0 Å². The summed E-state index contributed by atoms with van der Waals surface area (Å²) < 4.78 is 13.5. The lowest BCUT2D eigenvalue weighted by Gasteiger charge is -2.16. The van der Waals surface area contributed by atoms with Crippen LogP contribution in [0.15, 0.2) is 18.2 Å². The lowest BCUT2D eigenvalue weighted by molar-refractivity contribution is 0.0697. The first-order chi connectivity index (χ1) is 7.59. The number of carboxylic acid groups (broad SMARTS) is 1. The highest BCUT2D eigenvalue weighted by Gasteiger charge is 2.29. The fraction of sp³-hybridized carbons (Fsp3) is 0.417. The van der Waals surface area contributed by atoms with Gasteiger partial charge in [-0.15, -0.1) is 0 Å². The Kier molecular flexibility index (Phi) is 2.81. The SMILES string of the molecule is CC(Nc1c(F)cccc1C(=O)O)C1CC1. The molecule has 2 rings (SSSR count). The molecule has 0 radical (unpaired) electrons. The van der Waals surface area contributed by atoms with Gasteiger partial charge in [0.2, 0.25) is 0 Å². The van der Waals surface area contributed by atoms with Crippen LogP contribution in [0.3, 0.4) is 0 Å². The van der Waals surface area contributed by atoms with E-state index in [2.05, 4.69) is 5.32 Å².